The average Bonchev–Trinajstić information content (AvgIpc) is 2.48. The zero-order valence-corrected chi connectivity index (χ0v) is 13.4. The third-order valence-electron chi connectivity index (χ3n) is 2.95. The third-order valence-corrected chi connectivity index (χ3v) is 2.95. The molecule has 122 valence electrons. The first-order chi connectivity index (χ1) is 10.4. The predicted octanol–water partition coefficient (Wildman–Crippen LogP) is 1.59. The molecule has 7 heteroatoms. The van der Waals surface area contributed by atoms with Gasteiger partial charge in [-0.05, 0) is 0 Å². The molecule has 1 aromatic rings. The van der Waals surface area contributed by atoms with Crippen molar-refractivity contribution in [2.45, 2.75) is 20.3 Å². The number of benzene rings is 1. The van der Waals surface area contributed by atoms with Crippen molar-refractivity contribution >= 4 is 23.2 Å². The number of amides is 2. The van der Waals surface area contributed by atoms with Crippen LogP contribution in [0.1, 0.15) is 20.3 Å². The highest BCUT2D eigenvalue weighted by atomic mass is 16.5. The Morgan fingerprint density at radius 2 is 1.59 bits per heavy atom. The van der Waals surface area contributed by atoms with E-state index in [1.165, 1.54) is 14.2 Å². The van der Waals surface area contributed by atoms with Crippen LogP contribution in [0.2, 0.25) is 0 Å². The summed E-state index contributed by atoms with van der Waals surface area (Å²) < 4.78 is 10.4. The van der Waals surface area contributed by atoms with Gasteiger partial charge in [0.2, 0.25) is 11.8 Å². The van der Waals surface area contributed by atoms with Gasteiger partial charge in [0, 0.05) is 31.0 Å². The van der Waals surface area contributed by atoms with Crippen LogP contribution in [0, 0.1) is 5.92 Å². The summed E-state index contributed by atoms with van der Waals surface area (Å²) in [6, 6.07) is 3.21. The fraction of sp³-hybridized carbons (Fsp3) is 0.467. The van der Waals surface area contributed by atoms with Crippen molar-refractivity contribution in [3.63, 3.8) is 0 Å². The molecule has 4 N–H and O–H groups in total. The lowest BCUT2D eigenvalue weighted by atomic mass is 10.1. The van der Waals surface area contributed by atoms with E-state index in [-0.39, 0.29) is 30.7 Å². The maximum atomic E-state index is 11.9. The molecule has 7 nitrogen and oxygen atoms in total. The summed E-state index contributed by atoms with van der Waals surface area (Å²) in [7, 11) is 2.99. The second-order valence-electron chi connectivity index (χ2n) is 4.98. The standard InChI is InChI=1S/C15H23N3O4/c1-9(2)15(20)18-11-8-13(22-4)12(21-3)7-10(11)17-14(19)5-6-16/h7-9H,5-6,16H2,1-4H3,(H,17,19)(H,18,20). The molecule has 0 radical (unpaired) electrons. The molecule has 0 fully saturated rings. The minimum Gasteiger partial charge on any atom is -0.493 e. The summed E-state index contributed by atoms with van der Waals surface area (Å²) in [5.74, 6) is 0.309. The molecule has 0 bridgehead atoms. The Bertz CT molecular complexity index is 544. The number of methoxy groups -OCH3 is 2. The topological polar surface area (TPSA) is 103 Å². The zero-order valence-electron chi connectivity index (χ0n) is 13.4. The number of anilines is 2. The highest BCUT2D eigenvalue weighted by Gasteiger charge is 2.16. The molecule has 0 spiro atoms. The van der Waals surface area contributed by atoms with Gasteiger partial charge in [-0.2, -0.15) is 0 Å². The van der Waals surface area contributed by atoms with Gasteiger partial charge in [0.05, 0.1) is 25.6 Å². The molecule has 0 saturated carbocycles. The molecule has 1 rings (SSSR count). The summed E-state index contributed by atoms with van der Waals surface area (Å²) in [5.41, 5.74) is 6.25. The number of ether oxygens (including phenoxy) is 2. The van der Waals surface area contributed by atoms with E-state index in [0.717, 1.165) is 0 Å². The maximum Gasteiger partial charge on any atom is 0.226 e. The lowest BCUT2D eigenvalue weighted by Gasteiger charge is -2.17. The molecule has 22 heavy (non-hydrogen) atoms. The highest BCUT2D eigenvalue weighted by molar-refractivity contribution is 6.00. The van der Waals surface area contributed by atoms with Crippen LogP contribution in [0.15, 0.2) is 12.1 Å². The van der Waals surface area contributed by atoms with Crippen LogP contribution in [0.4, 0.5) is 11.4 Å². The molecule has 2 amide bonds. The third kappa shape index (κ3) is 4.63. The monoisotopic (exact) mass is 309 g/mol. The molecule has 0 unspecified atom stereocenters. The van der Waals surface area contributed by atoms with Crippen molar-refractivity contribution in [1.82, 2.24) is 0 Å². The van der Waals surface area contributed by atoms with E-state index < -0.39 is 0 Å². The lowest BCUT2D eigenvalue weighted by molar-refractivity contribution is -0.119. The predicted molar refractivity (Wildman–Crippen MR) is 85.3 cm³/mol. The molecular weight excluding hydrogens is 286 g/mol. The molecule has 0 atom stereocenters. The first-order valence-electron chi connectivity index (χ1n) is 6.99. The first-order valence-corrected chi connectivity index (χ1v) is 6.99. The van der Waals surface area contributed by atoms with Crippen LogP contribution in [-0.4, -0.2) is 32.6 Å². The van der Waals surface area contributed by atoms with Crippen LogP contribution in [0.3, 0.4) is 0 Å². The summed E-state index contributed by atoms with van der Waals surface area (Å²) in [6.45, 7) is 3.80. The van der Waals surface area contributed by atoms with Gasteiger partial charge in [-0.3, -0.25) is 9.59 Å². The lowest BCUT2D eigenvalue weighted by Crippen LogP contribution is -2.21. The fourth-order valence-electron chi connectivity index (χ4n) is 1.71. The Hall–Kier alpha value is -2.28. The maximum absolute atomic E-state index is 11.9. The van der Waals surface area contributed by atoms with Crippen LogP contribution in [-0.2, 0) is 9.59 Å². The number of carbonyl (C=O) groups excluding carboxylic acids is 2. The molecule has 1 aromatic carbocycles. The van der Waals surface area contributed by atoms with Crippen LogP contribution in [0.25, 0.3) is 0 Å². The highest BCUT2D eigenvalue weighted by Crippen LogP contribution is 2.36. The Kier molecular flexibility index (Phi) is 6.65. The Balaban J connectivity index is 3.18. The van der Waals surface area contributed by atoms with Crippen molar-refractivity contribution in [2.75, 3.05) is 31.4 Å². The van der Waals surface area contributed by atoms with Crippen molar-refractivity contribution < 1.29 is 19.1 Å². The number of hydrogen-bond donors (Lipinski definition) is 3. The number of hydrogen-bond acceptors (Lipinski definition) is 5. The summed E-state index contributed by atoms with van der Waals surface area (Å²) >= 11 is 0. The van der Waals surface area contributed by atoms with Crippen molar-refractivity contribution in [3.8, 4) is 11.5 Å². The minimum atomic E-state index is -0.241. The SMILES string of the molecule is COc1cc(NC(=O)CCN)c(NC(=O)C(C)C)cc1OC. The Labute approximate surface area is 130 Å². The second kappa shape index (κ2) is 8.23. The molecule has 0 aromatic heterocycles. The summed E-state index contributed by atoms with van der Waals surface area (Å²) in [5, 5.41) is 5.48. The van der Waals surface area contributed by atoms with Crippen molar-refractivity contribution in [3.05, 3.63) is 12.1 Å². The van der Waals surface area contributed by atoms with E-state index in [1.807, 2.05) is 0 Å². The van der Waals surface area contributed by atoms with Gasteiger partial charge in [-0.1, -0.05) is 13.8 Å². The normalized spacial score (nSPS) is 10.3. The summed E-state index contributed by atoms with van der Waals surface area (Å²) in [6.07, 6.45) is 0.186. The van der Waals surface area contributed by atoms with Crippen LogP contribution in [0.5, 0.6) is 11.5 Å². The molecule has 0 aliphatic carbocycles. The molecule has 0 saturated heterocycles. The van der Waals surface area contributed by atoms with Crippen molar-refractivity contribution in [1.29, 1.82) is 0 Å². The molecule has 0 aliphatic rings. The average molecular weight is 309 g/mol. The first kappa shape index (κ1) is 17.8. The number of nitrogens with one attached hydrogen (secondary N) is 2. The number of rotatable bonds is 7. The van der Waals surface area contributed by atoms with Gasteiger partial charge < -0.3 is 25.8 Å². The zero-order chi connectivity index (χ0) is 16.7. The van der Waals surface area contributed by atoms with Gasteiger partial charge in [0.25, 0.3) is 0 Å². The van der Waals surface area contributed by atoms with Crippen molar-refractivity contribution in [2.24, 2.45) is 11.7 Å². The summed E-state index contributed by atoms with van der Waals surface area (Å²) in [4.78, 5) is 23.7. The van der Waals surface area contributed by atoms with Crippen LogP contribution < -0.4 is 25.8 Å². The van der Waals surface area contributed by atoms with Gasteiger partial charge >= 0.3 is 0 Å². The number of carbonyl (C=O) groups is 2. The molecule has 0 aliphatic heterocycles. The van der Waals surface area contributed by atoms with Gasteiger partial charge in [-0.15, -0.1) is 0 Å². The van der Waals surface area contributed by atoms with Crippen LogP contribution >= 0.6 is 0 Å². The van der Waals surface area contributed by atoms with E-state index in [2.05, 4.69) is 10.6 Å². The van der Waals surface area contributed by atoms with E-state index in [0.29, 0.717) is 22.9 Å². The van der Waals surface area contributed by atoms with E-state index >= 15 is 0 Å². The second-order valence-corrected chi connectivity index (χ2v) is 4.98. The number of nitrogens with two attached hydrogens (primary N) is 1. The Morgan fingerprint density at radius 3 is 2.00 bits per heavy atom. The molecule has 0 heterocycles. The van der Waals surface area contributed by atoms with Gasteiger partial charge in [0.1, 0.15) is 0 Å². The smallest absolute Gasteiger partial charge is 0.226 e. The van der Waals surface area contributed by atoms with E-state index in [9.17, 15) is 9.59 Å². The van der Waals surface area contributed by atoms with E-state index in [1.54, 1.807) is 26.0 Å². The fourth-order valence-corrected chi connectivity index (χ4v) is 1.71. The van der Waals surface area contributed by atoms with E-state index in [4.69, 9.17) is 15.2 Å². The largest absolute Gasteiger partial charge is 0.493 e. The quantitative estimate of drug-likeness (QED) is 0.709. The molecular formula is C15H23N3O4. The minimum absolute atomic E-state index is 0.165. The van der Waals surface area contributed by atoms with Gasteiger partial charge in [-0.25, -0.2) is 0 Å². The van der Waals surface area contributed by atoms with Gasteiger partial charge in [0.15, 0.2) is 11.5 Å². The Morgan fingerprint density at radius 1 is 1.09 bits per heavy atom.